The molecule has 2 aromatic carbocycles. The molecule has 0 saturated carbocycles. The van der Waals surface area contributed by atoms with Crippen LogP contribution in [-0.2, 0) is 5.60 Å². The minimum absolute atomic E-state index is 0.219. The van der Waals surface area contributed by atoms with E-state index in [4.69, 9.17) is 11.6 Å². The Balaban J connectivity index is 1.96. The summed E-state index contributed by atoms with van der Waals surface area (Å²) < 4.78 is 0. The lowest BCUT2D eigenvalue weighted by molar-refractivity contribution is -0.0150. The molecule has 0 bridgehead atoms. The van der Waals surface area contributed by atoms with Gasteiger partial charge in [-0.15, -0.1) is 11.6 Å². The first-order valence-corrected chi connectivity index (χ1v) is 10.2. The van der Waals surface area contributed by atoms with E-state index < -0.39 is 5.60 Å². The molecule has 0 aliphatic carbocycles. The van der Waals surface area contributed by atoms with Crippen molar-refractivity contribution < 1.29 is 5.11 Å². The van der Waals surface area contributed by atoms with E-state index in [0.717, 1.165) is 67.0 Å². The van der Waals surface area contributed by atoms with Crippen molar-refractivity contribution in [3.8, 4) is 0 Å². The molecule has 0 aromatic heterocycles. The molecule has 3 rings (SSSR count). The molecule has 1 heterocycles. The number of halogens is 1. The molecular weight excluding hydrogens is 342 g/mol. The molecule has 140 valence electrons. The summed E-state index contributed by atoms with van der Waals surface area (Å²) >= 11 is 5.85. The summed E-state index contributed by atoms with van der Waals surface area (Å²) in [6.45, 7) is 7.33. The average Bonchev–Trinajstić information content (AvgIpc) is 2.67. The Hall–Kier alpha value is -1.35. The molecule has 1 N–H and O–H groups in total. The quantitative estimate of drug-likeness (QED) is 0.731. The van der Waals surface area contributed by atoms with Crippen LogP contribution in [0.1, 0.15) is 41.5 Å². The number of aliphatic hydroxyl groups is 1. The molecule has 0 radical (unpaired) electrons. The van der Waals surface area contributed by atoms with E-state index in [1.165, 1.54) is 0 Å². The second-order valence-corrected chi connectivity index (χ2v) is 7.93. The second kappa shape index (κ2) is 8.56. The number of hydrogen-bond donors (Lipinski definition) is 1. The number of likely N-dealkylation sites (tertiary alicyclic amines) is 1. The maximum absolute atomic E-state index is 12.2. The molecule has 2 aromatic rings. The van der Waals surface area contributed by atoms with Crippen molar-refractivity contribution in [2.75, 3.05) is 25.5 Å². The zero-order chi connectivity index (χ0) is 18.6. The molecule has 3 heteroatoms. The molecular formula is C23H30ClNO. The fourth-order valence-electron chi connectivity index (χ4n) is 4.44. The van der Waals surface area contributed by atoms with Gasteiger partial charge in [-0.1, -0.05) is 48.5 Å². The first kappa shape index (κ1) is 19.4. The molecule has 1 fully saturated rings. The maximum atomic E-state index is 12.2. The van der Waals surface area contributed by atoms with Gasteiger partial charge >= 0.3 is 0 Å². The normalized spacial score (nSPS) is 16.8. The fourth-order valence-corrected chi connectivity index (χ4v) is 4.56. The summed E-state index contributed by atoms with van der Waals surface area (Å²) in [6, 6.07) is 16.6. The van der Waals surface area contributed by atoms with E-state index in [0.29, 0.717) is 0 Å². The van der Waals surface area contributed by atoms with Gasteiger partial charge in [0.05, 0.1) is 0 Å². The summed E-state index contributed by atoms with van der Waals surface area (Å²) in [5.74, 6) is 0.938. The Morgan fingerprint density at radius 3 is 1.92 bits per heavy atom. The smallest absolute Gasteiger partial charge is 0.118 e. The van der Waals surface area contributed by atoms with Crippen LogP contribution in [-0.4, -0.2) is 35.5 Å². The van der Waals surface area contributed by atoms with Crippen molar-refractivity contribution in [3.05, 3.63) is 70.8 Å². The predicted octanol–water partition coefficient (Wildman–Crippen LogP) is 4.88. The van der Waals surface area contributed by atoms with Gasteiger partial charge in [-0.3, -0.25) is 0 Å². The molecule has 1 aliphatic heterocycles. The summed E-state index contributed by atoms with van der Waals surface area (Å²) in [7, 11) is 0. The van der Waals surface area contributed by atoms with Gasteiger partial charge in [0.1, 0.15) is 5.60 Å². The van der Waals surface area contributed by atoms with E-state index in [-0.39, 0.29) is 5.92 Å². The van der Waals surface area contributed by atoms with Crippen LogP contribution in [0.15, 0.2) is 48.5 Å². The molecule has 26 heavy (non-hydrogen) atoms. The number of piperidine rings is 1. The van der Waals surface area contributed by atoms with Crippen LogP contribution in [0, 0.1) is 19.8 Å². The van der Waals surface area contributed by atoms with E-state index in [1.807, 2.05) is 24.3 Å². The van der Waals surface area contributed by atoms with E-state index in [2.05, 4.69) is 43.0 Å². The fraction of sp³-hybridized carbons (Fsp3) is 0.478. The van der Waals surface area contributed by atoms with Crippen molar-refractivity contribution in [1.29, 1.82) is 0 Å². The van der Waals surface area contributed by atoms with Crippen LogP contribution in [0.25, 0.3) is 0 Å². The topological polar surface area (TPSA) is 23.5 Å². The third-order valence-corrected chi connectivity index (χ3v) is 6.17. The lowest BCUT2D eigenvalue weighted by Gasteiger charge is -2.43. The highest BCUT2D eigenvalue weighted by atomic mass is 35.5. The third kappa shape index (κ3) is 3.83. The van der Waals surface area contributed by atoms with Gasteiger partial charge in [0.15, 0.2) is 0 Å². The maximum Gasteiger partial charge on any atom is 0.118 e. The van der Waals surface area contributed by atoms with Gasteiger partial charge in [0.25, 0.3) is 0 Å². The summed E-state index contributed by atoms with van der Waals surface area (Å²) in [4.78, 5) is 2.48. The Kier molecular flexibility index (Phi) is 6.39. The summed E-state index contributed by atoms with van der Waals surface area (Å²) in [6.07, 6.45) is 3.04. The lowest BCUT2D eigenvalue weighted by Crippen LogP contribution is -2.45. The number of hydrogen-bond acceptors (Lipinski definition) is 2. The van der Waals surface area contributed by atoms with Crippen LogP contribution >= 0.6 is 11.6 Å². The Morgan fingerprint density at radius 2 is 1.46 bits per heavy atom. The van der Waals surface area contributed by atoms with Crippen LogP contribution < -0.4 is 0 Å². The second-order valence-electron chi connectivity index (χ2n) is 7.55. The van der Waals surface area contributed by atoms with E-state index in [1.54, 1.807) is 0 Å². The van der Waals surface area contributed by atoms with Crippen LogP contribution in [0.3, 0.4) is 0 Å². The zero-order valence-electron chi connectivity index (χ0n) is 15.9. The van der Waals surface area contributed by atoms with Gasteiger partial charge in [-0.25, -0.2) is 0 Å². The number of aryl methyl sites for hydroxylation is 2. The van der Waals surface area contributed by atoms with Crippen molar-refractivity contribution in [3.63, 3.8) is 0 Å². The molecule has 0 spiro atoms. The van der Waals surface area contributed by atoms with Gasteiger partial charge in [-0.05, 0) is 80.9 Å². The largest absolute Gasteiger partial charge is 0.380 e. The Bertz CT molecular complexity index is 676. The van der Waals surface area contributed by atoms with Gasteiger partial charge in [0.2, 0.25) is 0 Å². The number of alkyl halides is 1. The lowest BCUT2D eigenvalue weighted by atomic mass is 9.70. The Morgan fingerprint density at radius 1 is 0.962 bits per heavy atom. The highest BCUT2D eigenvalue weighted by molar-refractivity contribution is 6.17. The van der Waals surface area contributed by atoms with E-state index in [9.17, 15) is 5.11 Å². The molecule has 1 aliphatic rings. The molecule has 0 amide bonds. The Labute approximate surface area is 162 Å². The molecule has 2 nitrogen and oxygen atoms in total. The molecule has 0 unspecified atom stereocenters. The standard InChI is InChI=1S/C23H30ClNO/c1-18-8-3-5-10-21(18)23(26,22-11-6-4-9-19(22)2)20-12-16-25(17-13-20)15-7-14-24/h3-6,8-11,20,26H,7,12-17H2,1-2H3. The van der Waals surface area contributed by atoms with Crippen LogP contribution in [0.4, 0.5) is 0 Å². The minimum Gasteiger partial charge on any atom is -0.380 e. The average molecular weight is 372 g/mol. The third-order valence-electron chi connectivity index (χ3n) is 5.90. The number of benzene rings is 2. The van der Waals surface area contributed by atoms with Crippen molar-refractivity contribution >= 4 is 11.6 Å². The van der Waals surface area contributed by atoms with Crippen molar-refractivity contribution in [1.82, 2.24) is 4.90 Å². The zero-order valence-corrected chi connectivity index (χ0v) is 16.7. The van der Waals surface area contributed by atoms with Gasteiger partial charge in [0, 0.05) is 5.88 Å². The first-order valence-electron chi connectivity index (χ1n) is 9.70. The summed E-state index contributed by atoms with van der Waals surface area (Å²) in [5.41, 5.74) is 3.47. The number of nitrogens with zero attached hydrogens (tertiary/aromatic N) is 1. The number of rotatable bonds is 6. The van der Waals surface area contributed by atoms with Crippen LogP contribution in [0.2, 0.25) is 0 Å². The molecule has 0 atom stereocenters. The van der Waals surface area contributed by atoms with Gasteiger partial charge < -0.3 is 10.0 Å². The van der Waals surface area contributed by atoms with Gasteiger partial charge in [-0.2, -0.15) is 0 Å². The molecule has 1 saturated heterocycles. The highest BCUT2D eigenvalue weighted by Crippen LogP contribution is 2.44. The first-order chi connectivity index (χ1) is 12.6. The minimum atomic E-state index is -0.935. The monoisotopic (exact) mass is 371 g/mol. The summed E-state index contributed by atoms with van der Waals surface area (Å²) in [5, 5.41) is 12.2. The highest BCUT2D eigenvalue weighted by Gasteiger charge is 2.43. The SMILES string of the molecule is Cc1ccccc1C(O)(c1ccccc1C)C1CCN(CCCCl)CC1. The van der Waals surface area contributed by atoms with Crippen molar-refractivity contribution in [2.24, 2.45) is 5.92 Å². The predicted molar refractivity (Wildman–Crippen MR) is 110 cm³/mol. The van der Waals surface area contributed by atoms with E-state index >= 15 is 0 Å². The van der Waals surface area contributed by atoms with Crippen LogP contribution in [0.5, 0.6) is 0 Å². The van der Waals surface area contributed by atoms with Crippen molar-refractivity contribution in [2.45, 2.75) is 38.7 Å².